The van der Waals surface area contributed by atoms with Crippen LogP contribution in [-0.4, -0.2) is 11.6 Å². The second-order valence-corrected chi connectivity index (χ2v) is 6.25. The molecular formula is C23H17F2NO. The molecule has 3 aromatic carbocycles. The van der Waals surface area contributed by atoms with E-state index < -0.39 is 6.61 Å². The number of fused-ring (bicyclic) bond motifs is 1. The van der Waals surface area contributed by atoms with Gasteiger partial charge < -0.3 is 4.74 Å². The fourth-order valence-electron chi connectivity index (χ4n) is 3.36. The summed E-state index contributed by atoms with van der Waals surface area (Å²) in [6, 6.07) is 24.8. The second kappa shape index (κ2) is 7.16. The quantitative estimate of drug-likeness (QED) is 0.415. The Morgan fingerprint density at radius 2 is 1.44 bits per heavy atom. The van der Waals surface area contributed by atoms with Gasteiger partial charge in [0.05, 0.1) is 11.2 Å². The largest absolute Gasteiger partial charge is 0.435 e. The van der Waals surface area contributed by atoms with Gasteiger partial charge in [0.25, 0.3) is 0 Å². The zero-order valence-corrected chi connectivity index (χ0v) is 14.7. The van der Waals surface area contributed by atoms with E-state index in [-0.39, 0.29) is 5.75 Å². The minimum atomic E-state index is -2.83. The number of ether oxygens (including phenoxy) is 1. The molecule has 0 fully saturated rings. The van der Waals surface area contributed by atoms with Crippen molar-refractivity contribution in [2.75, 3.05) is 0 Å². The first kappa shape index (κ1) is 17.2. The molecule has 0 unspecified atom stereocenters. The molecule has 1 aromatic heterocycles. The molecule has 0 aliphatic heterocycles. The maximum absolute atomic E-state index is 12.4. The van der Waals surface area contributed by atoms with Gasteiger partial charge in [-0.1, -0.05) is 48.5 Å². The minimum Gasteiger partial charge on any atom is -0.435 e. The summed E-state index contributed by atoms with van der Waals surface area (Å²) in [6.07, 6.45) is 0. The summed E-state index contributed by atoms with van der Waals surface area (Å²) in [5, 5.41) is 1.09. The predicted octanol–water partition coefficient (Wildman–Crippen LogP) is 6.48. The number of pyridine rings is 1. The van der Waals surface area contributed by atoms with Gasteiger partial charge >= 0.3 is 6.61 Å². The summed E-state index contributed by atoms with van der Waals surface area (Å²) < 4.78 is 29.2. The minimum absolute atomic E-state index is 0.135. The molecule has 0 spiro atoms. The SMILES string of the molecule is Cc1c(-c2ccc(OC(F)F)cc2)nc2ccccc2c1-c1ccccc1. The number of rotatable bonds is 4. The third-order valence-corrected chi connectivity index (χ3v) is 4.55. The number of para-hydroxylation sites is 1. The zero-order valence-electron chi connectivity index (χ0n) is 14.7. The van der Waals surface area contributed by atoms with Crippen LogP contribution in [0.1, 0.15) is 5.56 Å². The van der Waals surface area contributed by atoms with Gasteiger partial charge in [-0.05, 0) is 53.9 Å². The lowest BCUT2D eigenvalue weighted by atomic mass is 9.93. The van der Waals surface area contributed by atoms with Crippen molar-refractivity contribution in [3.05, 3.63) is 84.4 Å². The van der Waals surface area contributed by atoms with Crippen LogP contribution in [-0.2, 0) is 0 Å². The van der Waals surface area contributed by atoms with Crippen molar-refractivity contribution in [2.45, 2.75) is 13.5 Å². The summed E-state index contributed by atoms with van der Waals surface area (Å²) >= 11 is 0. The van der Waals surface area contributed by atoms with Gasteiger partial charge in [-0.2, -0.15) is 8.78 Å². The maximum atomic E-state index is 12.4. The van der Waals surface area contributed by atoms with Gasteiger partial charge in [-0.3, -0.25) is 0 Å². The highest BCUT2D eigenvalue weighted by Gasteiger charge is 2.15. The highest BCUT2D eigenvalue weighted by atomic mass is 19.3. The second-order valence-electron chi connectivity index (χ2n) is 6.25. The molecule has 4 rings (SSSR count). The smallest absolute Gasteiger partial charge is 0.387 e. The average Bonchev–Trinajstić information content (AvgIpc) is 2.68. The van der Waals surface area contributed by atoms with Crippen molar-refractivity contribution < 1.29 is 13.5 Å². The number of alkyl halides is 2. The Labute approximate surface area is 156 Å². The van der Waals surface area contributed by atoms with Crippen molar-refractivity contribution in [1.82, 2.24) is 4.98 Å². The van der Waals surface area contributed by atoms with Crippen molar-refractivity contribution in [1.29, 1.82) is 0 Å². The molecule has 0 aliphatic rings. The lowest BCUT2D eigenvalue weighted by molar-refractivity contribution is -0.0498. The monoisotopic (exact) mass is 361 g/mol. The predicted molar refractivity (Wildman–Crippen MR) is 104 cm³/mol. The number of benzene rings is 3. The Hall–Kier alpha value is -3.27. The van der Waals surface area contributed by atoms with Crippen LogP contribution < -0.4 is 4.74 Å². The van der Waals surface area contributed by atoms with E-state index in [1.54, 1.807) is 24.3 Å². The topological polar surface area (TPSA) is 22.1 Å². The molecule has 4 heteroatoms. The van der Waals surface area contributed by atoms with Crippen LogP contribution >= 0.6 is 0 Å². The van der Waals surface area contributed by atoms with Gasteiger partial charge in [0.15, 0.2) is 0 Å². The Bertz CT molecular complexity index is 1080. The number of nitrogens with zero attached hydrogens (tertiary/aromatic N) is 1. The maximum Gasteiger partial charge on any atom is 0.387 e. The van der Waals surface area contributed by atoms with Crippen LogP contribution in [0.5, 0.6) is 5.75 Å². The molecule has 0 radical (unpaired) electrons. The first-order valence-electron chi connectivity index (χ1n) is 8.63. The fraction of sp³-hybridized carbons (Fsp3) is 0.0870. The normalized spacial score (nSPS) is 11.1. The molecule has 0 aliphatic carbocycles. The van der Waals surface area contributed by atoms with Gasteiger partial charge in [-0.25, -0.2) is 4.98 Å². The van der Waals surface area contributed by atoms with E-state index in [0.29, 0.717) is 0 Å². The van der Waals surface area contributed by atoms with E-state index in [4.69, 9.17) is 4.98 Å². The highest BCUT2D eigenvalue weighted by Crippen LogP contribution is 2.36. The van der Waals surface area contributed by atoms with E-state index in [1.165, 1.54) is 0 Å². The van der Waals surface area contributed by atoms with E-state index in [9.17, 15) is 8.78 Å². The van der Waals surface area contributed by atoms with Gasteiger partial charge in [0.1, 0.15) is 5.75 Å². The number of halogens is 2. The van der Waals surface area contributed by atoms with Crippen molar-refractivity contribution in [2.24, 2.45) is 0 Å². The molecule has 1 heterocycles. The lowest BCUT2D eigenvalue weighted by Gasteiger charge is -2.15. The molecule has 0 saturated heterocycles. The molecule has 0 N–H and O–H groups in total. The third kappa shape index (κ3) is 3.38. The highest BCUT2D eigenvalue weighted by molar-refractivity contribution is 5.99. The summed E-state index contributed by atoms with van der Waals surface area (Å²) in [5.41, 5.74) is 5.87. The first-order valence-corrected chi connectivity index (χ1v) is 8.63. The Kier molecular flexibility index (Phi) is 4.55. The summed E-state index contributed by atoms with van der Waals surface area (Å²) in [6.45, 7) is -0.790. The van der Waals surface area contributed by atoms with Crippen molar-refractivity contribution >= 4 is 10.9 Å². The molecule has 134 valence electrons. The lowest BCUT2D eigenvalue weighted by Crippen LogP contribution is -2.01. The Balaban J connectivity index is 1.90. The Morgan fingerprint density at radius 1 is 0.778 bits per heavy atom. The van der Waals surface area contributed by atoms with Crippen LogP contribution in [0.25, 0.3) is 33.3 Å². The molecule has 0 saturated carbocycles. The summed E-state index contributed by atoms with van der Waals surface area (Å²) in [5.74, 6) is 0.135. The first-order chi connectivity index (χ1) is 13.1. The van der Waals surface area contributed by atoms with Crippen molar-refractivity contribution in [3.63, 3.8) is 0 Å². The number of hydrogen-bond acceptors (Lipinski definition) is 2. The van der Waals surface area contributed by atoms with Gasteiger partial charge in [-0.15, -0.1) is 0 Å². The van der Waals surface area contributed by atoms with Crippen LogP contribution in [0.4, 0.5) is 8.78 Å². The molecular weight excluding hydrogens is 344 g/mol. The fourth-order valence-corrected chi connectivity index (χ4v) is 3.36. The van der Waals surface area contributed by atoms with Gasteiger partial charge in [0.2, 0.25) is 0 Å². The molecule has 0 amide bonds. The van der Waals surface area contributed by atoms with Crippen LogP contribution in [0.2, 0.25) is 0 Å². The molecule has 4 aromatic rings. The van der Waals surface area contributed by atoms with E-state index in [0.717, 1.165) is 38.9 Å². The standard InChI is InChI=1S/C23H17F2NO/c1-15-21(16-7-3-2-4-8-16)19-9-5-6-10-20(19)26-22(15)17-11-13-18(14-12-17)27-23(24)25/h2-14,23H,1H3. The van der Waals surface area contributed by atoms with Gasteiger partial charge in [0, 0.05) is 10.9 Å². The zero-order chi connectivity index (χ0) is 18.8. The molecule has 0 bridgehead atoms. The van der Waals surface area contributed by atoms with Crippen LogP contribution in [0.15, 0.2) is 78.9 Å². The van der Waals surface area contributed by atoms with E-state index in [1.807, 2.05) is 43.3 Å². The summed E-state index contributed by atoms with van der Waals surface area (Å²) in [7, 11) is 0. The third-order valence-electron chi connectivity index (χ3n) is 4.55. The average molecular weight is 361 g/mol. The molecule has 2 nitrogen and oxygen atoms in total. The van der Waals surface area contributed by atoms with Crippen molar-refractivity contribution in [3.8, 4) is 28.1 Å². The molecule has 27 heavy (non-hydrogen) atoms. The van der Waals surface area contributed by atoms with Crippen LogP contribution in [0.3, 0.4) is 0 Å². The van der Waals surface area contributed by atoms with Crippen LogP contribution in [0, 0.1) is 6.92 Å². The number of aromatic nitrogens is 1. The number of hydrogen-bond donors (Lipinski definition) is 0. The molecule has 0 atom stereocenters. The summed E-state index contributed by atoms with van der Waals surface area (Å²) in [4.78, 5) is 4.83. The van der Waals surface area contributed by atoms with E-state index in [2.05, 4.69) is 22.9 Å². The van der Waals surface area contributed by atoms with E-state index >= 15 is 0 Å². The Morgan fingerprint density at radius 3 is 2.15 bits per heavy atom.